The maximum atomic E-state index is 12.6. The van der Waals surface area contributed by atoms with Gasteiger partial charge < -0.3 is 14.5 Å². The predicted octanol–water partition coefficient (Wildman–Crippen LogP) is 2.68. The van der Waals surface area contributed by atoms with E-state index in [9.17, 15) is 9.59 Å². The van der Waals surface area contributed by atoms with Crippen molar-refractivity contribution >= 4 is 12.0 Å². The quantitative estimate of drug-likeness (QED) is 0.786. The first kappa shape index (κ1) is 20.8. The summed E-state index contributed by atoms with van der Waals surface area (Å²) in [5, 5.41) is 0. The van der Waals surface area contributed by atoms with Gasteiger partial charge in [-0.1, -0.05) is 0 Å². The summed E-state index contributed by atoms with van der Waals surface area (Å²) in [5.74, 6) is 0.600. The lowest BCUT2D eigenvalue weighted by molar-refractivity contribution is 0.0292. The summed E-state index contributed by atoms with van der Waals surface area (Å²) in [6, 6.07) is 5.27. The molecule has 1 amide bonds. The topological polar surface area (TPSA) is 80.6 Å². The van der Waals surface area contributed by atoms with Crippen LogP contribution >= 0.6 is 0 Å². The molecule has 1 aliphatic rings. The van der Waals surface area contributed by atoms with Gasteiger partial charge in [0.25, 0.3) is 5.56 Å². The number of nitrogens with zero attached hydrogens (tertiary/aromatic N) is 5. The Kier molecular flexibility index (Phi) is 5.91. The van der Waals surface area contributed by atoms with Crippen LogP contribution in [-0.2, 0) is 11.8 Å². The molecule has 156 valence electrons. The monoisotopic (exact) mass is 399 g/mol. The van der Waals surface area contributed by atoms with E-state index in [1.165, 1.54) is 6.07 Å². The van der Waals surface area contributed by atoms with Gasteiger partial charge in [-0.2, -0.15) is 0 Å². The summed E-state index contributed by atoms with van der Waals surface area (Å²) < 4.78 is 7.06. The molecule has 0 aromatic carbocycles. The average Bonchev–Trinajstić information content (AvgIpc) is 3.15. The fourth-order valence-electron chi connectivity index (χ4n) is 3.51. The standard InChI is InChI=1S/C21H29N5O3/c1-6-26(16-9-12-25(14-16)20(28)29-21(2,3)4)19-23-17(13-18(27)24(19)5)15-7-10-22-11-8-15/h7-8,10-11,13,16H,6,9,12,14H2,1-5H3. The van der Waals surface area contributed by atoms with Crippen molar-refractivity contribution in [1.29, 1.82) is 0 Å². The van der Waals surface area contributed by atoms with E-state index in [0.29, 0.717) is 31.3 Å². The van der Waals surface area contributed by atoms with E-state index < -0.39 is 5.60 Å². The molecule has 1 atom stereocenters. The van der Waals surface area contributed by atoms with E-state index in [0.717, 1.165) is 12.0 Å². The Bertz CT molecular complexity index is 920. The molecule has 3 heterocycles. The van der Waals surface area contributed by atoms with Crippen LogP contribution < -0.4 is 10.5 Å². The minimum absolute atomic E-state index is 0.0679. The number of carbonyl (C=O) groups excluding carboxylic acids is 1. The Morgan fingerprint density at radius 2 is 2.00 bits per heavy atom. The lowest BCUT2D eigenvalue weighted by Gasteiger charge is -2.30. The highest BCUT2D eigenvalue weighted by Crippen LogP contribution is 2.24. The zero-order valence-corrected chi connectivity index (χ0v) is 17.8. The van der Waals surface area contributed by atoms with Crippen molar-refractivity contribution in [1.82, 2.24) is 19.4 Å². The second-order valence-electron chi connectivity index (χ2n) is 8.23. The van der Waals surface area contributed by atoms with Crippen molar-refractivity contribution in [2.24, 2.45) is 7.05 Å². The van der Waals surface area contributed by atoms with Crippen molar-refractivity contribution < 1.29 is 9.53 Å². The van der Waals surface area contributed by atoms with Crippen LogP contribution in [-0.4, -0.2) is 56.8 Å². The van der Waals surface area contributed by atoms with Crippen LogP contribution in [0.1, 0.15) is 34.1 Å². The summed E-state index contributed by atoms with van der Waals surface area (Å²) in [6.45, 7) is 9.45. The minimum atomic E-state index is -0.524. The van der Waals surface area contributed by atoms with Crippen molar-refractivity contribution in [2.75, 3.05) is 24.5 Å². The highest BCUT2D eigenvalue weighted by atomic mass is 16.6. The zero-order chi connectivity index (χ0) is 21.2. The number of aromatic nitrogens is 3. The molecular formula is C21H29N5O3. The molecule has 2 aromatic heterocycles. The Morgan fingerprint density at radius 1 is 1.31 bits per heavy atom. The van der Waals surface area contributed by atoms with Gasteiger partial charge in [-0.05, 0) is 46.2 Å². The zero-order valence-electron chi connectivity index (χ0n) is 17.8. The third-order valence-electron chi connectivity index (χ3n) is 4.94. The SMILES string of the molecule is CCN(c1nc(-c2ccncc2)cc(=O)n1C)C1CCN(C(=O)OC(C)(C)C)C1. The molecule has 0 bridgehead atoms. The van der Waals surface area contributed by atoms with Gasteiger partial charge in [-0.3, -0.25) is 14.3 Å². The van der Waals surface area contributed by atoms with E-state index in [1.54, 1.807) is 28.9 Å². The Hall–Kier alpha value is -2.90. The molecule has 0 saturated carbocycles. The normalized spacial score (nSPS) is 16.7. The Morgan fingerprint density at radius 3 is 2.62 bits per heavy atom. The maximum Gasteiger partial charge on any atom is 0.410 e. The first-order chi connectivity index (χ1) is 13.7. The molecular weight excluding hydrogens is 370 g/mol. The van der Waals surface area contributed by atoms with Gasteiger partial charge >= 0.3 is 6.09 Å². The summed E-state index contributed by atoms with van der Waals surface area (Å²) in [7, 11) is 1.73. The average molecular weight is 399 g/mol. The molecule has 0 spiro atoms. The second kappa shape index (κ2) is 8.23. The largest absolute Gasteiger partial charge is 0.444 e. The molecule has 0 N–H and O–H groups in total. The van der Waals surface area contributed by atoms with E-state index in [2.05, 4.69) is 9.88 Å². The molecule has 2 aromatic rings. The van der Waals surface area contributed by atoms with E-state index in [-0.39, 0.29) is 17.7 Å². The molecule has 0 radical (unpaired) electrons. The second-order valence-corrected chi connectivity index (χ2v) is 8.23. The lowest BCUT2D eigenvalue weighted by Crippen LogP contribution is -2.43. The number of anilines is 1. The third kappa shape index (κ3) is 4.75. The fourth-order valence-corrected chi connectivity index (χ4v) is 3.51. The van der Waals surface area contributed by atoms with Crippen LogP contribution in [0.25, 0.3) is 11.3 Å². The molecule has 1 unspecified atom stereocenters. The van der Waals surface area contributed by atoms with E-state index >= 15 is 0 Å². The van der Waals surface area contributed by atoms with Gasteiger partial charge in [0.2, 0.25) is 5.95 Å². The van der Waals surface area contributed by atoms with Crippen molar-refractivity contribution in [2.45, 2.75) is 45.8 Å². The smallest absolute Gasteiger partial charge is 0.410 e. The van der Waals surface area contributed by atoms with Gasteiger partial charge in [-0.25, -0.2) is 9.78 Å². The van der Waals surface area contributed by atoms with Crippen LogP contribution in [0.4, 0.5) is 10.7 Å². The molecule has 0 aliphatic carbocycles. The number of hydrogen-bond acceptors (Lipinski definition) is 6. The minimum Gasteiger partial charge on any atom is -0.444 e. The number of amides is 1. The third-order valence-corrected chi connectivity index (χ3v) is 4.94. The van der Waals surface area contributed by atoms with Crippen LogP contribution in [0.3, 0.4) is 0 Å². The van der Waals surface area contributed by atoms with E-state index in [1.807, 2.05) is 39.8 Å². The number of ether oxygens (including phenoxy) is 1. The highest BCUT2D eigenvalue weighted by Gasteiger charge is 2.33. The molecule has 1 fully saturated rings. The van der Waals surface area contributed by atoms with Crippen LogP contribution in [0, 0.1) is 0 Å². The molecule has 29 heavy (non-hydrogen) atoms. The van der Waals surface area contributed by atoms with Gasteiger partial charge in [0.15, 0.2) is 0 Å². The Balaban J connectivity index is 1.86. The van der Waals surface area contributed by atoms with Crippen molar-refractivity contribution in [3.05, 3.63) is 40.9 Å². The van der Waals surface area contributed by atoms with Gasteiger partial charge in [0.05, 0.1) is 11.7 Å². The number of hydrogen-bond donors (Lipinski definition) is 0. The summed E-state index contributed by atoms with van der Waals surface area (Å²) >= 11 is 0. The number of likely N-dealkylation sites (N-methyl/N-ethyl adjacent to an activating group) is 1. The van der Waals surface area contributed by atoms with Crippen molar-refractivity contribution in [3.8, 4) is 11.3 Å². The number of likely N-dealkylation sites (tertiary alicyclic amines) is 1. The molecule has 8 nitrogen and oxygen atoms in total. The van der Waals surface area contributed by atoms with Gasteiger partial charge in [-0.15, -0.1) is 0 Å². The predicted molar refractivity (Wildman–Crippen MR) is 112 cm³/mol. The van der Waals surface area contributed by atoms with Crippen LogP contribution in [0.15, 0.2) is 35.4 Å². The first-order valence-electron chi connectivity index (χ1n) is 9.92. The molecule has 8 heteroatoms. The molecule has 3 rings (SSSR count). The summed E-state index contributed by atoms with van der Waals surface area (Å²) in [6.07, 6.45) is 3.86. The lowest BCUT2D eigenvalue weighted by atomic mass is 10.2. The number of rotatable bonds is 4. The van der Waals surface area contributed by atoms with E-state index in [4.69, 9.17) is 9.72 Å². The Labute approximate surface area is 171 Å². The first-order valence-corrected chi connectivity index (χ1v) is 9.92. The summed E-state index contributed by atoms with van der Waals surface area (Å²) in [4.78, 5) is 37.6. The molecule has 1 aliphatic heterocycles. The maximum absolute atomic E-state index is 12.6. The number of pyridine rings is 1. The molecule has 1 saturated heterocycles. The van der Waals surface area contributed by atoms with Gasteiger partial charge in [0.1, 0.15) is 5.60 Å². The van der Waals surface area contributed by atoms with Crippen molar-refractivity contribution in [3.63, 3.8) is 0 Å². The fraction of sp³-hybridized carbons (Fsp3) is 0.524. The van der Waals surface area contributed by atoms with Crippen LogP contribution in [0.5, 0.6) is 0 Å². The number of carbonyl (C=O) groups is 1. The van der Waals surface area contributed by atoms with Crippen LogP contribution in [0.2, 0.25) is 0 Å². The summed E-state index contributed by atoms with van der Waals surface area (Å²) in [5.41, 5.74) is 0.814. The highest BCUT2D eigenvalue weighted by molar-refractivity contribution is 5.68. The van der Waals surface area contributed by atoms with Gasteiger partial charge in [0, 0.05) is 50.7 Å².